The minimum absolute atomic E-state index is 0. The predicted molar refractivity (Wildman–Crippen MR) is 265 cm³/mol. The largest absolute Gasteiger partial charge is 1.00 e. The van der Waals surface area contributed by atoms with E-state index in [9.17, 15) is 10.0 Å². The number of aromatic nitrogens is 6. The lowest BCUT2D eigenvalue weighted by atomic mass is 9.80. The molecule has 0 aliphatic carbocycles. The molecule has 0 saturated heterocycles. The molecule has 6 aromatic heterocycles. The van der Waals surface area contributed by atoms with Crippen LogP contribution in [0.3, 0.4) is 0 Å². The first kappa shape index (κ1) is 53.7. The molecule has 0 fully saturated rings. The third-order valence-corrected chi connectivity index (χ3v) is 11.1. The summed E-state index contributed by atoms with van der Waals surface area (Å²) in [6.45, 7) is 1.41. The van der Waals surface area contributed by atoms with Crippen LogP contribution in [0.1, 0.15) is 16.7 Å². The van der Waals surface area contributed by atoms with Crippen LogP contribution in [0.4, 0.5) is 0 Å². The van der Waals surface area contributed by atoms with Crippen LogP contribution in [0.25, 0.3) is 44.8 Å². The molecule has 0 aliphatic rings. The third kappa shape index (κ3) is 16.2. The number of alkyl halides is 1. The Morgan fingerprint density at radius 2 is 0.826 bits per heavy atom. The molecule has 345 valence electrons. The molecule has 18 heteroatoms. The van der Waals surface area contributed by atoms with E-state index in [0.29, 0.717) is 30.9 Å². The van der Waals surface area contributed by atoms with Crippen LogP contribution < -0.4 is 58.7 Å². The summed E-state index contributed by atoms with van der Waals surface area (Å²) in [6.07, 6.45) is 19.0. The van der Waals surface area contributed by atoms with Crippen LogP contribution in [0.2, 0.25) is 0 Å². The van der Waals surface area contributed by atoms with Gasteiger partial charge >= 0.3 is 21.9 Å². The van der Waals surface area contributed by atoms with E-state index in [-0.39, 0.29) is 34.0 Å². The van der Waals surface area contributed by atoms with Gasteiger partial charge in [-0.3, -0.25) is 19.9 Å². The monoisotopic (exact) mass is 1110 g/mol. The van der Waals surface area contributed by atoms with Gasteiger partial charge in [-0.05, 0) is 88.3 Å². The predicted octanol–water partition coefficient (Wildman–Crippen LogP) is -0.853. The van der Waals surface area contributed by atoms with Crippen molar-refractivity contribution in [2.45, 2.75) is 18.4 Å². The van der Waals surface area contributed by atoms with Crippen molar-refractivity contribution in [1.82, 2.24) is 19.9 Å². The van der Waals surface area contributed by atoms with Gasteiger partial charge in [0.25, 0.3) is 0 Å². The minimum Gasteiger partial charge on any atom is -1.00 e. The Morgan fingerprint density at radius 1 is 0.449 bits per heavy atom. The Balaban J connectivity index is 0.000000236. The Bertz CT molecular complexity index is 2810. The van der Waals surface area contributed by atoms with Crippen molar-refractivity contribution in [3.05, 3.63) is 224 Å². The normalized spacial score (nSPS) is 10.1. The molecule has 12 nitrogen and oxygen atoms in total. The molecule has 9 aromatic rings. The van der Waals surface area contributed by atoms with Crippen LogP contribution in [-0.2, 0) is 18.4 Å². The molecule has 9 rings (SSSR count). The van der Waals surface area contributed by atoms with Crippen LogP contribution in [-0.4, -0.2) is 67.0 Å². The fraction of sp³-hybridized carbons (Fsp3) is 0.0588. The number of hydrogen-bond donors (Lipinski definition) is 5. The first-order chi connectivity index (χ1) is 32.7. The van der Waals surface area contributed by atoms with Crippen molar-refractivity contribution in [2.24, 2.45) is 0 Å². The highest BCUT2D eigenvalue weighted by Gasteiger charge is 2.13. The zero-order valence-corrected chi connectivity index (χ0v) is 41.7. The van der Waals surface area contributed by atoms with Crippen LogP contribution in [0, 0.1) is 0 Å². The number of nitrogens with zero attached hydrogens (tertiary/aromatic N) is 6. The number of halogens is 3. The van der Waals surface area contributed by atoms with Crippen LogP contribution >= 0.6 is 15.9 Å². The number of hydrogen-bond acceptors (Lipinski definition) is 10. The van der Waals surface area contributed by atoms with Crippen molar-refractivity contribution in [2.75, 3.05) is 0 Å². The zero-order chi connectivity index (χ0) is 46.8. The SMILES string of the molecule is OB(O)c1ccc(CBr)cc1.O[B]Oc1ccc(C[n+]2ccc(-c3ccc(-c4cc[n+](Cc5ccc(B(O)O)cc5)cc4)nc3)cc2)cc1.[Br-].[Br-].c1cc(-c2ccc(-c3ccncc3)nc2)ccn1. The molecule has 0 saturated carbocycles. The highest BCUT2D eigenvalue weighted by atomic mass is 79.9. The maximum atomic E-state index is 9.24. The van der Waals surface area contributed by atoms with Gasteiger partial charge in [0.2, 0.25) is 0 Å². The van der Waals surface area contributed by atoms with Gasteiger partial charge in [-0.25, -0.2) is 9.13 Å². The number of rotatable bonds is 13. The second-order valence-corrected chi connectivity index (χ2v) is 15.6. The lowest BCUT2D eigenvalue weighted by Gasteiger charge is -2.05. The summed E-state index contributed by atoms with van der Waals surface area (Å²) in [6, 6.07) is 46.2. The molecule has 0 amide bonds. The van der Waals surface area contributed by atoms with Gasteiger partial charge < -0.3 is 63.7 Å². The van der Waals surface area contributed by atoms with E-state index < -0.39 is 14.2 Å². The average Bonchev–Trinajstić information content (AvgIpc) is 3.39. The summed E-state index contributed by atoms with van der Waals surface area (Å²) < 4.78 is 9.12. The number of benzene rings is 3. The van der Waals surface area contributed by atoms with Crippen molar-refractivity contribution in [3.63, 3.8) is 0 Å². The van der Waals surface area contributed by atoms with E-state index in [2.05, 4.69) is 69.3 Å². The molecule has 0 unspecified atom stereocenters. The molecular weight excluding hydrogens is 1060 g/mol. The summed E-state index contributed by atoms with van der Waals surface area (Å²) in [5.74, 6) is 0.592. The molecule has 6 heterocycles. The molecule has 0 aliphatic heterocycles. The quantitative estimate of drug-likeness (QED) is 0.0558. The highest BCUT2D eigenvalue weighted by Crippen LogP contribution is 2.23. The van der Waals surface area contributed by atoms with Crippen molar-refractivity contribution in [1.29, 1.82) is 0 Å². The summed E-state index contributed by atoms with van der Waals surface area (Å²) in [7, 11) is -2.13. The minimum atomic E-state index is -1.45. The maximum absolute atomic E-state index is 9.24. The number of pyridine rings is 6. The summed E-state index contributed by atoms with van der Waals surface area (Å²) in [4.78, 5) is 17.2. The molecule has 69 heavy (non-hydrogen) atoms. The van der Waals surface area contributed by atoms with E-state index in [1.807, 2.05) is 134 Å². The fourth-order valence-electron chi connectivity index (χ4n) is 6.76. The van der Waals surface area contributed by atoms with E-state index in [1.165, 1.54) is 0 Å². The molecule has 0 atom stereocenters. The van der Waals surface area contributed by atoms with Crippen molar-refractivity contribution in [3.8, 4) is 50.5 Å². The van der Waals surface area contributed by atoms with Gasteiger partial charge in [-0.15, -0.1) is 0 Å². The molecule has 0 spiro atoms. The molecule has 1 radical (unpaired) electrons. The van der Waals surface area contributed by atoms with Crippen LogP contribution in [0.5, 0.6) is 5.75 Å². The van der Waals surface area contributed by atoms with Gasteiger partial charge in [-0.2, -0.15) is 0 Å². The smallest absolute Gasteiger partial charge is 0.569 e. The van der Waals surface area contributed by atoms with Gasteiger partial charge in [0.15, 0.2) is 37.9 Å². The Hall–Kier alpha value is -6.21. The second-order valence-electron chi connectivity index (χ2n) is 15.1. The van der Waals surface area contributed by atoms with Gasteiger partial charge in [0, 0.05) is 100 Å². The second kappa shape index (κ2) is 27.7. The topological polar surface area (TPSA) is 170 Å². The Kier molecular flexibility index (Phi) is 21.6. The van der Waals surface area contributed by atoms with Crippen LogP contribution in [0.15, 0.2) is 208 Å². The lowest BCUT2D eigenvalue weighted by molar-refractivity contribution is -0.688. The molecule has 5 N–H and O–H groups in total. The molecule has 3 aromatic carbocycles. The Labute approximate surface area is 432 Å². The van der Waals surface area contributed by atoms with Gasteiger partial charge in [0.05, 0.1) is 11.4 Å². The van der Waals surface area contributed by atoms with E-state index in [4.69, 9.17) is 19.7 Å². The van der Waals surface area contributed by atoms with Crippen molar-refractivity contribution >= 4 is 48.8 Å². The van der Waals surface area contributed by atoms with Crippen molar-refractivity contribution < 1.29 is 72.9 Å². The summed E-state index contributed by atoms with van der Waals surface area (Å²) >= 11 is 3.29. The van der Waals surface area contributed by atoms with E-state index in [1.54, 1.807) is 49.1 Å². The standard InChI is InChI=1S/C29H26B2N3O4.C15H11N3.C7H8BBrO2.2BrH/c35-30-38-28-8-3-23(4-9-28)21-33-15-11-24(12-16-33)26-5-10-29(32-19-26)25-13-17-34(18-14-25)20-22-1-6-27(7-2-22)31(36)37;1-2-15(13-5-9-17-10-6-13)18-11-14(1)12-3-7-16-8-4-12;9-5-6-1-3-7(4-2-6)8(10)11;;/h1-19,35-37H,20-21H2;1-11H;1-4,10-11H,5H2;2*1H/q+2;;;;/p-2. The Morgan fingerprint density at radius 3 is 1.22 bits per heavy atom. The average molecular weight is 1110 g/mol. The van der Waals surface area contributed by atoms with Gasteiger partial charge in [0.1, 0.15) is 5.75 Å². The zero-order valence-electron chi connectivity index (χ0n) is 36.9. The molecular formula is C51H45B3Br3N6O6. The van der Waals surface area contributed by atoms with Gasteiger partial charge in [-0.1, -0.05) is 76.6 Å². The first-order valence-corrected chi connectivity index (χ1v) is 22.3. The third-order valence-electron chi connectivity index (χ3n) is 10.5. The first-order valence-electron chi connectivity index (χ1n) is 21.1. The summed E-state index contributed by atoms with van der Waals surface area (Å²) in [5.41, 5.74) is 12.6. The van der Waals surface area contributed by atoms with E-state index in [0.717, 1.165) is 73.3 Å². The lowest BCUT2D eigenvalue weighted by Crippen LogP contribution is -3.00. The summed E-state index contributed by atoms with van der Waals surface area (Å²) in [5, 5.41) is 45.5. The highest BCUT2D eigenvalue weighted by molar-refractivity contribution is 9.08. The molecule has 0 bridgehead atoms. The maximum Gasteiger partial charge on any atom is 0.569 e. The fourth-order valence-corrected chi connectivity index (χ4v) is 7.13. The van der Waals surface area contributed by atoms with E-state index >= 15 is 0 Å².